The number of rotatable bonds is 9. The van der Waals surface area contributed by atoms with E-state index < -0.39 is 0 Å². The van der Waals surface area contributed by atoms with Crippen molar-refractivity contribution >= 4 is 0 Å². The molecule has 1 aliphatic carbocycles. The number of nitrogens with zero attached hydrogens (tertiary/aromatic N) is 1. The SMILES string of the molecule is CCN(CC(O)CNC1CC1)C(C)COC. The molecule has 16 heavy (non-hydrogen) atoms. The summed E-state index contributed by atoms with van der Waals surface area (Å²) in [4.78, 5) is 2.25. The van der Waals surface area contributed by atoms with Gasteiger partial charge in [-0.05, 0) is 26.3 Å². The molecule has 1 rings (SSSR count). The molecule has 0 aliphatic heterocycles. The van der Waals surface area contributed by atoms with Gasteiger partial charge in [0.25, 0.3) is 0 Å². The summed E-state index contributed by atoms with van der Waals surface area (Å²) in [5.41, 5.74) is 0. The zero-order valence-corrected chi connectivity index (χ0v) is 10.8. The van der Waals surface area contributed by atoms with Crippen LogP contribution in [0, 0.1) is 0 Å². The van der Waals surface area contributed by atoms with Crippen LogP contribution < -0.4 is 5.32 Å². The maximum atomic E-state index is 9.90. The number of methoxy groups -OCH3 is 1. The van der Waals surface area contributed by atoms with Gasteiger partial charge in [0.15, 0.2) is 0 Å². The second kappa shape index (κ2) is 7.22. The van der Waals surface area contributed by atoms with Crippen LogP contribution in [-0.4, -0.2) is 61.5 Å². The predicted octanol–water partition coefficient (Wildman–Crippen LogP) is 0.456. The molecule has 4 nitrogen and oxygen atoms in total. The smallest absolute Gasteiger partial charge is 0.0791 e. The van der Waals surface area contributed by atoms with E-state index in [2.05, 4.69) is 24.1 Å². The Morgan fingerprint density at radius 2 is 2.19 bits per heavy atom. The van der Waals surface area contributed by atoms with Gasteiger partial charge in [-0.3, -0.25) is 4.90 Å². The van der Waals surface area contributed by atoms with Gasteiger partial charge in [0, 0.05) is 32.3 Å². The lowest BCUT2D eigenvalue weighted by molar-refractivity contribution is 0.0583. The van der Waals surface area contributed by atoms with Crippen LogP contribution in [0.2, 0.25) is 0 Å². The number of hydrogen-bond acceptors (Lipinski definition) is 4. The third-order valence-electron chi connectivity index (χ3n) is 3.10. The topological polar surface area (TPSA) is 44.7 Å². The van der Waals surface area contributed by atoms with Crippen molar-refractivity contribution in [1.29, 1.82) is 0 Å². The van der Waals surface area contributed by atoms with Gasteiger partial charge in [-0.1, -0.05) is 6.92 Å². The Kier molecular flexibility index (Phi) is 6.28. The predicted molar refractivity (Wildman–Crippen MR) is 65.6 cm³/mol. The van der Waals surface area contributed by atoms with Crippen molar-refractivity contribution in [3.63, 3.8) is 0 Å². The Morgan fingerprint density at radius 1 is 1.50 bits per heavy atom. The highest BCUT2D eigenvalue weighted by molar-refractivity contribution is 4.82. The molecule has 0 amide bonds. The molecule has 0 saturated heterocycles. The maximum absolute atomic E-state index is 9.90. The summed E-state index contributed by atoms with van der Waals surface area (Å²) in [7, 11) is 1.72. The summed E-state index contributed by atoms with van der Waals surface area (Å²) >= 11 is 0. The van der Waals surface area contributed by atoms with E-state index in [1.165, 1.54) is 12.8 Å². The first kappa shape index (κ1) is 13.9. The van der Waals surface area contributed by atoms with Crippen LogP contribution in [0.3, 0.4) is 0 Å². The van der Waals surface area contributed by atoms with E-state index >= 15 is 0 Å². The average molecular weight is 230 g/mol. The Hall–Kier alpha value is -0.160. The standard InChI is InChI=1S/C12H26N2O2/c1-4-14(10(2)9-16-3)8-12(15)7-13-11-5-6-11/h10-13,15H,4-9H2,1-3H3. The monoisotopic (exact) mass is 230 g/mol. The van der Waals surface area contributed by atoms with Crippen LogP contribution in [0.4, 0.5) is 0 Å². The van der Waals surface area contributed by atoms with E-state index in [4.69, 9.17) is 4.74 Å². The quantitative estimate of drug-likeness (QED) is 0.604. The first-order valence-electron chi connectivity index (χ1n) is 6.31. The minimum absolute atomic E-state index is 0.278. The molecule has 1 saturated carbocycles. The van der Waals surface area contributed by atoms with Crippen molar-refractivity contribution < 1.29 is 9.84 Å². The molecule has 0 heterocycles. The molecular formula is C12H26N2O2. The molecule has 0 bridgehead atoms. The number of likely N-dealkylation sites (N-methyl/N-ethyl adjacent to an activating group) is 1. The van der Waals surface area contributed by atoms with Crippen molar-refractivity contribution in [2.45, 2.75) is 44.9 Å². The molecule has 2 unspecified atom stereocenters. The molecule has 1 fully saturated rings. The first-order valence-corrected chi connectivity index (χ1v) is 6.31. The lowest BCUT2D eigenvalue weighted by atomic mass is 10.2. The van der Waals surface area contributed by atoms with Crippen LogP contribution in [0.5, 0.6) is 0 Å². The van der Waals surface area contributed by atoms with Gasteiger partial charge in [0.1, 0.15) is 0 Å². The molecular weight excluding hydrogens is 204 g/mol. The molecule has 0 aromatic heterocycles. The van der Waals surface area contributed by atoms with Crippen molar-refractivity contribution in [3.8, 4) is 0 Å². The molecule has 0 aromatic carbocycles. The lowest BCUT2D eigenvalue weighted by Gasteiger charge is -2.29. The van der Waals surface area contributed by atoms with E-state index in [0.717, 1.165) is 19.7 Å². The van der Waals surface area contributed by atoms with Gasteiger partial charge in [0.05, 0.1) is 12.7 Å². The Morgan fingerprint density at radius 3 is 2.69 bits per heavy atom. The number of aliphatic hydroxyl groups is 1. The van der Waals surface area contributed by atoms with E-state index in [-0.39, 0.29) is 6.10 Å². The highest BCUT2D eigenvalue weighted by Crippen LogP contribution is 2.18. The number of nitrogens with one attached hydrogen (secondary N) is 1. The van der Waals surface area contributed by atoms with Gasteiger partial charge in [-0.15, -0.1) is 0 Å². The van der Waals surface area contributed by atoms with Crippen LogP contribution in [0.1, 0.15) is 26.7 Å². The van der Waals surface area contributed by atoms with E-state index in [1.807, 2.05) is 0 Å². The molecule has 0 radical (unpaired) electrons. The molecule has 2 atom stereocenters. The molecule has 0 spiro atoms. The second-order valence-corrected chi connectivity index (χ2v) is 4.73. The van der Waals surface area contributed by atoms with Gasteiger partial charge in [-0.2, -0.15) is 0 Å². The average Bonchev–Trinajstić information content (AvgIpc) is 3.07. The lowest BCUT2D eigenvalue weighted by Crippen LogP contribution is -2.44. The first-order chi connectivity index (χ1) is 7.67. The summed E-state index contributed by atoms with van der Waals surface area (Å²) in [6, 6.07) is 1.03. The summed E-state index contributed by atoms with van der Waals surface area (Å²) in [6.45, 7) is 7.35. The summed E-state index contributed by atoms with van der Waals surface area (Å²) in [5, 5.41) is 13.2. The van der Waals surface area contributed by atoms with Crippen LogP contribution in [0.25, 0.3) is 0 Å². The summed E-state index contributed by atoms with van der Waals surface area (Å²) < 4.78 is 5.14. The van der Waals surface area contributed by atoms with Crippen molar-refractivity contribution in [2.24, 2.45) is 0 Å². The van der Waals surface area contributed by atoms with Crippen molar-refractivity contribution in [2.75, 3.05) is 33.4 Å². The fourth-order valence-corrected chi connectivity index (χ4v) is 1.89. The summed E-state index contributed by atoms with van der Waals surface area (Å²) in [6.07, 6.45) is 2.26. The maximum Gasteiger partial charge on any atom is 0.0791 e. The fraction of sp³-hybridized carbons (Fsp3) is 1.00. The second-order valence-electron chi connectivity index (χ2n) is 4.73. The van der Waals surface area contributed by atoms with Gasteiger partial charge in [-0.25, -0.2) is 0 Å². The molecule has 4 heteroatoms. The normalized spacial score (nSPS) is 20.1. The Bertz CT molecular complexity index is 186. The Labute approximate surface area is 99.0 Å². The highest BCUT2D eigenvalue weighted by Gasteiger charge is 2.22. The van der Waals surface area contributed by atoms with E-state index in [9.17, 15) is 5.11 Å². The molecule has 1 aliphatic rings. The Balaban J connectivity index is 2.18. The minimum atomic E-state index is -0.278. The molecule has 0 aromatic rings. The number of ether oxygens (including phenoxy) is 1. The molecule has 96 valence electrons. The highest BCUT2D eigenvalue weighted by atomic mass is 16.5. The van der Waals surface area contributed by atoms with Gasteiger partial charge in [0.2, 0.25) is 0 Å². The fourth-order valence-electron chi connectivity index (χ4n) is 1.89. The van der Waals surface area contributed by atoms with Crippen molar-refractivity contribution in [1.82, 2.24) is 10.2 Å². The van der Waals surface area contributed by atoms with Crippen molar-refractivity contribution in [3.05, 3.63) is 0 Å². The zero-order chi connectivity index (χ0) is 12.0. The zero-order valence-electron chi connectivity index (χ0n) is 10.8. The third-order valence-corrected chi connectivity index (χ3v) is 3.10. The van der Waals surface area contributed by atoms with Crippen LogP contribution in [0.15, 0.2) is 0 Å². The van der Waals surface area contributed by atoms with Crippen LogP contribution >= 0.6 is 0 Å². The number of hydrogen-bond donors (Lipinski definition) is 2. The van der Waals surface area contributed by atoms with Crippen LogP contribution in [-0.2, 0) is 4.74 Å². The minimum Gasteiger partial charge on any atom is -0.390 e. The third kappa shape index (κ3) is 5.25. The summed E-state index contributed by atoms with van der Waals surface area (Å²) in [5.74, 6) is 0. The molecule has 2 N–H and O–H groups in total. The largest absolute Gasteiger partial charge is 0.390 e. The number of aliphatic hydroxyl groups excluding tert-OH is 1. The van der Waals surface area contributed by atoms with Gasteiger partial charge >= 0.3 is 0 Å². The van der Waals surface area contributed by atoms with Gasteiger partial charge < -0.3 is 15.2 Å². The van der Waals surface area contributed by atoms with E-state index in [0.29, 0.717) is 18.6 Å². The van der Waals surface area contributed by atoms with E-state index in [1.54, 1.807) is 7.11 Å².